The van der Waals surface area contributed by atoms with Crippen LogP contribution in [0.5, 0.6) is 0 Å². The Bertz CT molecular complexity index is 512. The fourth-order valence-corrected chi connectivity index (χ4v) is 3.68. The zero-order chi connectivity index (χ0) is 17.4. The van der Waals surface area contributed by atoms with Crippen molar-refractivity contribution in [2.75, 3.05) is 6.54 Å². The number of likely N-dealkylation sites (tertiary alicyclic amines) is 1. The number of benzene rings is 1. The second-order valence-electron chi connectivity index (χ2n) is 7.31. The first kappa shape index (κ1) is 18.7. The monoisotopic (exact) mass is 329 g/mol. The highest BCUT2D eigenvalue weighted by atomic mass is 16.2. The Hall–Kier alpha value is -1.64. The smallest absolute Gasteiger partial charge is 0.226 e. The Morgan fingerprint density at radius 3 is 2.62 bits per heavy atom. The Morgan fingerprint density at radius 2 is 1.96 bits per heavy atom. The minimum atomic E-state index is -0.183. The summed E-state index contributed by atoms with van der Waals surface area (Å²) >= 11 is 0. The van der Waals surface area contributed by atoms with Crippen LogP contribution in [0.25, 0.3) is 0 Å². The Morgan fingerprint density at radius 1 is 1.21 bits per heavy atom. The average molecular weight is 329 g/mol. The molecule has 0 radical (unpaired) electrons. The lowest BCUT2D eigenvalue weighted by molar-refractivity contribution is -0.140. The molecule has 1 aromatic rings. The van der Waals surface area contributed by atoms with Crippen molar-refractivity contribution in [2.45, 2.75) is 64.8 Å². The van der Waals surface area contributed by atoms with E-state index in [9.17, 15) is 9.59 Å². The molecule has 0 aliphatic carbocycles. The van der Waals surface area contributed by atoms with Gasteiger partial charge in [-0.25, -0.2) is 0 Å². The molecule has 0 bridgehead atoms. The van der Waals surface area contributed by atoms with Gasteiger partial charge < -0.3 is 9.69 Å². The Kier molecular flexibility index (Phi) is 7.48. The van der Waals surface area contributed by atoms with Gasteiger partial charge in [0.1, 0.15) is 6.29 Å². The van der Waals surface area contributed by atoms with Crippen LogP contribution < -0.4 is 0 Å². The van der Waals surface area contributed by atoms with Crippen LogP contribution in [0, 0.1) is 11.8 Å². The van der Waals surface area contributed by atoms with Gasteiger partial charge >= 0.3 is 0 Å². The van der Waals surface area contributed by atoms with Crippen molar-refractivity contribution in [3.8, 4) is 0 Å². The number of unbranched alkanes of at least 4 members (excludes halogenated alkanes) is 2. The van der Waals surface area contributed by atoms with E-state index in [0.717, 1.165) is 51.4 Å². The third-order valence-corrected chi connectivity index (χ3v) is 5.18. The van der Waals surface area contributed by atoms with E-state index in [0.29, 0.717) is 5.92 Å². The molecule has 1 fully saturated rings. The first-order chi connectivity index (χ1) is 11.6. The number of aldehydes is 1. The van der Waals surface area contributed by atoms with Crippen molar-refractivity contribution in [2.24, 2.45) is 11.8 Å². The second-order valence-corrected chi connectivity index (χ2v) is 7.31. The molecule has 1 unspecified atom stereocenters. The minimum absolute atomic E-state index is 0.0577. The third-order valence-electron chi connectivity index (χ3n) is 5.18. The quantitative estimate of drug-likeness (QED) is 0.502. The van der Waals surface area contributed by atoms with Gasteiger partial charge in [-0.15, -0.1) is 0 Å². The van der Waals surface area contributed by atoms with Crippen LogP contribution in [0.4, 0.5) is 0 Å². The number of aryl methyl sites for hydroxylation is 1. The summed E-state index contributed by atoms with van der Waals surface area (Å²) in [5.74, 6) is 0.587. The second kappa shape index (κ2) is 9.61. The Labute approximate surface area is 146 Å². The van der Waals surface area contributed by atoms with E-state index >= 15 is 0 Å². The van der Waals surface area contributed by atoms with E-state index in [2.05, 4.69) is 38.1 Å². The number of carbonyl (C=O) groups excluding carboxylic acids is 2. The van der Waals surface area contributed by atoms with Crippen LogP contribution in [-0.2, 0) is 16.0 Å². The van der Waals surface area contributed by atoms with Crippen LogP contribution in [0.15, 0.2) is 30.3 Å². The van der Waals surface area contributed by atoms with E-state index in [1.165, 1.54) is 12.0 Å². The zero-order valence-corrected chi connectivity index (χ0v) is 15.1. The number of hydrogen-bond acceptors (Lipinski definition) is 2. The first-order valence-electron chi connectivity index (χ1n) is 9.43. The normalized spacial score (nSPS) is 18.8. The zero-order valence-electron chi connectivity index (χ0n) is 15.1. The maximum absolute atomic E-state index is 12.8. The van der Waals surface area contributed by atoms with Crippen molar-refractivity contribution in [1.29, 1.82) is 0 Å². The summed E-state index contributed by atoms with van der Waals surface area (Å²) in [6.07, 6.45) is 8.19. The highest BCUT2D eigenvalue weighted by molar-refractivity contribution is 5.82. The molecule has 0 aromatic heterocycles. The van der Waals surface area contributed by atoms with Crippen LogP contribution in [0.1, 0.15) is 57.9 Å². The van der Waals surface area contributed by atoms with Gasteiger partial charge in [-0.1, -0.05) is 57.0 Å². The van der Waals surface area contributed by atoms with Crippen molar-refractivity contribution < 1.29 is 9.59 Å². The molecule has 0 saturated carbocycles. The maximum atomic E-state index is 12.8. The molecule has 2 atom stereocenters. The number of hydrogen-bond donors (Lipinski definition) is 0. The molecule has 1 saturated heterocycles. The summed E-state index contributed by atoms with van der Waals surface area (Å²) in [6, 6.07) is 10.4. The van der Waals surface area contributed by atoms with Gasteiger partial charge in [0, 0.05) is 12.5 Å². The molecule has 24 heavy (non-hydrogen) atoms. The molecule has 0 spiro atoms. The molecule has 3 nitrogen and oxygen atoms in total. The van der Waals surface area contributed by atoms with Crippen molar-refractivity contribution >= 4 is 12.2 Å². The molecule has 1 aromatic carbocycles. The molecule has 2 rings (SSSR count). The molecule has 3 heteroatoms. The lowest BCUT2D eigenvalue weighted by atomic mass is 9.88. The minimum Gasteiger partial charge on any atom is -0.333 e. The highest BCUT2D eigenvalue weighted by Crippen LogP contribution is 2.26. The molecular formula is C21H31NO2. The summed E-state index contributed by atoms with van der Waals surface area (Å²) in [4.78, 5) is 25.8. The molecule has 132 valence electrons. The van der Waals surface area contributed by atoms with Crippen molar-refractivity contribution in [1.82, 2.24) is 4.90 Å². The average Bonchev–Trinajstić information content (AvgIpc) is 3.07. The van der Waals surface area contributed by atoms with Gasteiger partial charge in [0.25, 0.3) is 0 Å². The lowest BCUT2D eigenvalue weighted by Gasteiger charge is -2.28. The van der Waals surface area contributed by atoms with Crippen molar-refractivity contribution in [3.63, 3.8) is 0 Å². The molecule has 1 aliphatic rings. The number of rotatable bonds is 9. The summed E-state index contributed by atoms with van der Waals surface area (Å²) < 4.78 is 0. The van der Waals surface area contributed by atoms with E-state index in [1.807, 2.05) is 11.0 Å². The van der Waals surface area contributed by atoms with Crippen LogP contribution in [0.3, 0.4) is 0 Å². The van der Waals surface area contributed by atoms with Gasteiger partial charge in [-0.2, -0.15) is 0 Å². The number of amides is 1. The fraction of sp³-hybridized carbons (Fsp3) is 0.619. The van der Waals surface area contributed by atoms with Gasteiger partial charge in [-0.05, 0) is 43.6 Å². The standard InChI is InChI=1S/C21H31NO2/c1-17(2)20(21(24)22-15-9-13-19(22)16-23)14-8-4-7-12-18-10-5-3-6-11-18/h3,5-6,10-11,16-17,19-20H,4,7-9,12-15H2,1-2H3/t19-,20?/m0/s1. The lowest BCUT2D eigenvalue weighted by Crippen LogP contribution is -2.41. The maximum Gasteiger partial charge on any atom is 0.226 e. The van der Waals surface area contributed by atoms with Gasteiger partial charge in [0.05, 0.1) is 6.04 Å². The topological polar surface area (TPSA) is 37.4 Å². The third kappa shape index (κ3) is 5.19. The molecular weight excluding hydrogens is 298 g/mol. The number of nitrogens with zero attached hydrogens (tertiary/aromatic N) is 1. The van der Waals surface area contributed by atoms with E-state index in [4.69, 9.17) is 0 Å². The molecule has 0 N–H and O–H groups in total. The van der Waals surface area contributed by atoms with E-state index in [1.54, 1.807) is 0 Å². The van der Waals surface area contributed by atoms with Crippen molar-refractivity contribution in [3.05, 3.63) is 35.9 Å². The van der Waals surface area contributed by atoms with E-state index < -0.39 is 0 Å². The summed E-state index contributed by atoms with van der Waals surface area (Å²) in [7, 11) is 0. The van der Waals surface area contributed by atoms with Crippen LogP contribution >= 0.6 is 0 Å². The van der Waals surface area contributed by atoms with Gasteiger partial charge in [0.2, 0.25) is 5.91 Å². The van der Waals surface area contributed by atoms with Crippen LogP contribution in [-0.4, -0.2) is 29.7 Å². The first-order valence-corrected chi connectivity index (χ1v) is 9.43. The van der Waals surface area contributed by atoms with E-state index in [-0.39, 0.29) is 17.9 Å². The fourth-order valence-electron chi connectivity index (χ4n) is 3.68. The SMILES string of the molecule is CC(C)C(CCCCCc1ccccc1)C(=O)N1CCC[C@H]1C=O. The summed E-state index contributed by atoms with van der Waals surface area (Å²) in [6.45, 7) is 5.00. The van der Waals surface area contributed by atoms with Gasteiger partial charge in [-0.3, -0.25) is 4.79 Å². The largest absolute Gasteiger partial charge is 0.333 e. The highest BCUT2D eigenvalue weighted by Gasteiger charge is 2.33. The predicted octanol–water partition coefficient (Wildman–Crippen LogP) is 4.25. The van der Waals surface area contributed by atoms with Gasteiger partial charge in [0.15, 0.2) is 0 Å². The van der Waals surface area contributed by atoms with Crippen LogP contribution in [0.2, 0.25) is 0 Å². The summed E-state index contributed by atoms with van der Waals surface area (Å²) in [5, 5.41) is 0. The summed E-state index contributed by atoms with van der Waals surface area (Å²) in [5.41, 5.74) is 1.39. The molecule has 1 heterocycles. The molecule has 1 aliphatic heterocycles. The Balaban J connectivity index is 1.76. The molecule has 1 amide bonds. The predicted molar refractivity (Wildman–Crippen MR) is 97.7 cm³/mol. The number of carbonyl (C=O) groups is 2.